The molecule has 3 atom stereocenters. The lowest BCUT2D eigenvalue weighted by Crippen LogP contribution is -2.38. The van der Waals surface area contributed by atoms with Gasteiger partial charge in [-0.2, -0.15) is 4.98 Å². The Hall–Kier alpha value is -4.02. The van der Waals surface area contributed by atoms with Gasteiger partial charge in [0.1, 0.15) is 29.5 Å². The topological polar surface area (TPSA) is 121 Å². The van der Waals surface area contributed by atoms with E-state index < -0.39 is 29.7 Å². The molecule has 0 spiro atoms. The largest absolute Gasteiger partial charge is 0.497 e. The van der Waals surface area contributed by atoms with Gasteiger partial charge in [-0.1, -0.05) is 72.8 Å². The van der Waals surface area contributed by atoms with E-state index in [4.69, 9.17) is 19.9 Å². The second kappa shape index (κ2) is 12.4. The fourth-order valence-corrected chi connectivity index (χ4v) is 5.10. The predicted octanol–water partition coefficient (Wildman–Crippen LogP) is 3.28. The van der Waals surface area contributed by atoms with Gasteiger partial charge in [-0.15, -0.1) is 0 Å². The molecule has 1 fully saturated rings. The molecule has 0 bridgehead atoms. The highest BCUT2D eigenvalue weighted by Crippen LogP contribution is 2.42. The maximum absolute atomic E-state index is 12.7. The highest BCUT2D eigenvalue weighted by atomic mass is 16.6. The summed E-state index contributed by atoms with van der Waals surface area (Å²) < 4.78 is 19.8. The van der Waals surface area contributed by atoms with Crippen LogP contribution in [0, 0.1) is 0 Å². The summed E-state index contributed by atoms with van der Waals surface area (Å²) in [5.74, 6) is 1.18. The summed E-state index contributed by atoms with van der Waals surface area (Å²) in [5, 5.41) is 14.0. The Morgan fingerprint density at radius 1 is 1.00 bits per heavy atom. The summed E-state index contributed by atoms with van der Waals surface area (Å²) in [4.78, 5) is 16.8. The summed E-state index contributed by atoms with van der Waals surface area (Å²) in [6, 6.07) is 29.4. The van der Waals surface area contributed by atoms with E-state index in [-0.39, 0.29) is 13.0 Å². The van der Waals surface area contributed by atoms with Crippen LogP contribution in [0.3, 0.4) is 0 Å². The van der Waals surface area contributed by atoms with E-state index in [2.05, 4.69) is 10.3 Å². The molecule has 40 heavy (non-hydrogen) atoms. The van der Waals surface area contributed by atoms with Crippen LogP contribution in [0.1, 0.15) is 29.3 Å². The molecule has 9 nitrogen and oxygen atoms in total. The molecule has 1 aliphatic rings. The predicted molar refractivity (Wildman–Crippen MR) is 152 cm³/mol. The number of benzene rings is 3. The minimum atomic E-state index is -0.995. The summed E-state index contributed by atoms with van der Waals surface area (Å²) in [6.07, 6.45) is -0.332. The van der Waals surface area contributed by atoms with Crippen LogP contribution in [0.15, 0.2) is 102 Å². The summed E-state index contributed by atoms with van der Waals surface area (Å²) in [5.41, 5.74) is 6.81. The monoisotopic (exact) mass is 542 g/mol. The first-order valence-electron chi connectivity index (χ1n) is 13.3. The molecule has 9 heteroatoms. The van der Waals surface area contributed by atoms with Crippen molar-refractivity contribution in [1.29, 1.82) is 0 Å². The Balaban J connectivity index is 1.45. The van der Waals surface area contributed by atoms with Crippen LogP contribution in [-0.2, 0) is 15.1 Å². The Bertz CT molecular complexity index is 1390. The van der Waals surface area contributed by atoms with Gasteiger partial charge in [0.15, 0.2) is 0 Å². The third kappa shape index (κ3) is 5.64. The maximum Gasteiger partial charge on any atom is 0.351 e. The van der Waals surface area contributed by atoms with Crippen LogP contribution in [0.4, 0.5) is 5.82 Å². The number of nitrogens with zero attached hydrogens (tertiary/aromatic N) is 2. The molecule has 0 unspecified atom stereocenters. The molecule has 1 saturated heterocycles. The molecule has 4 N–H and O–H groups in total. The quantitative estimate of drug-likeness (QED) is 0.247. The van der Waals surface area contributed by atoms with Crippen LogP contribution in [0.25, 0.3) is 0 Å². The van der Waals surface area contributed by atoms with Crippen molar-refractivity contribution < 1.29 is 19.3 Å². The van der Waals surface area contributed by atoms with Crippen molar-refractivity contribution in [2.75, 3.05) is 32.1 Å². The van der Waals surface area contributed by atoms with Crippen LogP contribution < -0.4 is 21.5 Å². The Morgan fingerprint density at radius 2 is 1.62 bits per heavy atom. The first-order valence-corrected chi connectivity index (χ1v) is 13.3. The molecule has 3 aromatic carbocycles. The number of hydrogen-bond acceptors (Lipinski definition) is 8. The van der Waals surface area contributed by atoms with Gasteiger partial charge >= 0.3 is 5.69 Å². The Kier molecular flexibility index (Phi) is 8.57. The number of methoxy groups -OCH3 is 1. The van der Waals surface area contributed by atoms with Gasteiger partial charge < -0.3 is 30.4 Å². The van der Waals surface area contributed by atoms with E-state index in [0.29, 0.717) is 18.9 Å². The van der Waals surface area contributed by atoms with E-state index in [1.165, 1.54) is 4.57 Å². The van der Waals surface area contributed by atoms with E-state index in [1.807, 2.05) is 84.9 Å². The van der Waals surface area contributed by atoms with Crippen LogP contribution in [0.2, 0.25) is 0 Å². The van der Waals surface area contributed by atoms with Gasteiger partial charge in [-0.25, -0.2) is 4.79 Å². The highest BCUT2D eigenvalue weighted by molar-refractivity contribution is 5.48. The van der Waals surface area contributed by atoms with Gasteiger partial charge in [0.25, 0.3) is 0 Å². The van der Waals surface area contributed by atoms with Crippen LogP contribution in [0.5, 0.6) is 5.75 Å². The number of anilines is 1. The molecular weight excluding hydrogens is 508 g/mol. The number of aliphatic hydroxyl groups excluding tert-OH is 1. The second-order valence-corrected chi connectivity index (χ2v) is 9.60. The fourth-order valence-electron chi connectivity index (χ4n) is 5.10. The lowest BCUT2D eigenvalue weighted by molar-refractivity contribution is -0.0944. The zero-order valence-electron chi connectivity index (χ0n) is 22.4. The molecule has 208 valence electrons. The molecule has 0 radical (unpaired) electrons. The minimum Gasteiger partial charge on any atom is -0.497 e. The lowest BCUT2D eigenvalue weighted by atomic mass is 9.80. The van der Waals surface area contributed by atoms with Gasteiger partial charge in [0, 0.05) is 25.7 Å². The maximum atomic E-state index is 12.7. The highest BCUT2D eigenvalue weighted by Gasteiger charge is 2.42. The molecule has 0 saturated carbocycles. The number of rotatable bonds is 11. The third-order valence-electron chi connectivity index (χ3n) is 7.12. The van der Waals surface area contributed by atoms with E-state index in [9.17, 15) is 9.90 Å². The zero-order chi connectivity index (χ0) is 28.0. The number of nitrogens with two attached hydrogens (primary N) is 1. The molecule has 4 aromatic rings. The van der Waals surface area contributed by atoms with Crippen LogP contribution in [-0.4, -0.2) is 53.7 Å². The normalized spacial score (nSPS) is 18.9. The lowest BCUT2D eigenvalue weighted by Gasteiger charge is -2.37. The molecule has 0 amide bonds. The second-order valence-electron chi connectivity index (χ2n) is 9.60. The molecule has 2 heterocycles. The van der Waals surface area contributed by atoms with Crippen molar-refractivity contribution in [3.05, 3.63) is 124 Å². The van der Waals surface area contributed by atoms with Crippen LogP contribution >= 0.6 is 0 Å². The Labute approximate surface area is 233 Å². The zero-order valence-corrected chi connectivity index (χ0v) is 22.4. The van der Waals surface area contributed by atoms with Gasteiger partial charge in [0.05, 0.1) is 19.8 Å². The fraction of sp³-hybridized carbons (Fsp3) is 0.290. The Morgan fingerprint density at radius 3 is 2.20 bits per heavy atom. The van der Waals surface area contributed by atoms with E-state index in [0.717, 1.165) is 22.4 Å². The summed E-state index contributed by atoms with van der Waals surface area (Å²) in [6.45, 7) is 1.01. The minimum absolute atomic E-state index is 0.0752. The first-order chi connectivity index (χ1) is 19.5. The van der Waals surface area contributed by atoms with Gasteiger partial charge in [-0.05, 0) is 34.9 Å². The van der Waals surface area contributed by atoms with Crippen molar-refractivity contribution in [3.8, 4) is 5.75 Å². The number of aliphatic hydroxyl groups is 1. The standard InChI is InChI=1S/C31H34N4O5/c1-38-25-14-12-24(13-15-25)31(22-8-4-2-5-9-22,23-10-6-3-7-11-23)39-21-27-26(36)20-29(40-27)35-19-16-28(33-18-17-32)34-30(35)37/h2-16,19,26-27,29,36H,17-18,20-21,32H2,1H3,(H,33,34,37)/t26-,27+,29+/m0/s1. The van der Waals surface area contributed by atoms with Crippen molar-refractivity contribution in [2.45, 2.75) is 30.5 Å². The molecule has 0 aliphatic carbocycles. The summed E-state index contributed by atoms with van der Waals surface area (Å²) >= 11 is 0. The average Bonchev–Trinajstić information content (AvgIpc) is 3.37. The number of nitrogens with one attached hydrogen (secondary N) is 1. The first kappa shape index (κ1) is 27.5. The van der Waals surface area contributed by atoms with Gasteiger partial charge in [0.2, 0.25) is 0 Å². The number of aromatic nitrogens is 2. The summed E-state index contributed by atoms with van der Waals surface area (Å²) in [7, 11) is 1.63. The van der Waals surface area contributed by atoms with E-state index >= 15 is 0 Å². The van der Waals surface area contributed by atoms with Crippen molar-refractivity contribution in [3.63, 3.8) is 0 Å². The van der Waals surface area contributed by atoms with E-state index in [1.54, 1.807) is 19.4 Å². The number of ether oxygens (including phenoxy) is 3. The van der Waals surface area contributed by atoms with Crippen molar-refractivity contribution >= 4 is 5.82 Å². The SMILES string of the molecule is COc1ccc(C(OC[C@H]2O[C@@H](n3ccc(NCCN)nc3=O)C[C@@H]2O)(c2ccccc2)c2ccccc2)cc1. The van der Waals surface area contributed by atoms with Gasteiger partial charge in [-0.3, -0.25) is 4.57 Å². The number of hydrogen-bond donors (Lipinski definition) is 3. The smallest absolute Gasteiger partial charge is 0.351 e. The third-order valence-corrected chi connectivity index (χ3v) is 7.12. The van der Waals surface area contributed by atoms with Crippen molar-refractivity contribution in [2.24, 2.45) is 5.73 Å². The average molecular weight is 543 g/mol. The molecule has 5 rings (SSSR count). The van der Waals surface area contributed by atoms with Crippen molar-refractivity contribution in [1.82, 2.24) is 9.55 Å². The molecule has 1 aliphatic heterocycles. The molecule has 1 aromatic heterocycles. The molecular formula is C31H34N4O5.